The van der Waals surface area contributed by atoms with Crippen LogP contribution in [-0.4, -0.2) is 57.9 Å². The number of carbonyl (C=O) groups excluding carboxylic acids is 2. The Morgan fingerprint density at radius 3 is 2.63 bits per heavy atom. The quantitative estimate of drug-likeness (QED) is 0.621. The number of fused-ring (bicyclic) bond motifs is 5. The van der Waals surface area contributed by atoms with Gasteiger partial charge >= 0.3 is 0 Å². The number of para-hydroxylation sites is 1. The molecule has 154 valence electrons. The summed E-state index contributed by atoms with van der Waals surface area (Å²) in [5, 5.41) is 10.5. The molecule has 0 radical (unpaired) electrons. The van der Waals surface area contributed by atoms with E-state index < -0.39 is 5.54 Å². The highest BCUT2D eigenvalue weighted by molar-refractivity contribution is 9.10. The van der Waals surface area contributed by atoms with Crippen LogP contribution in [-0.2, 0) is 15.1 Å². The van der Waals surface area contributed by atoms with Gasteiger partial charge in [0.25, 0.3) is 5.91 Å². The van der Waals surface area contributed by atoms with Gasteiger partial charge in [-0.3, -0.25) is 9.59 Å². The van der Waals surface area contributed by atoms with Crippen LogP contribution in [0.15, 0.2) is 53.0 Å². The number of piperazine rings is 1. The van der Waals surface area contributed by atoms with Crippen molar-refractivity contribution in [1.29, 1.82) is 0 Å². The summed E-state index contributed by atoms with van der Waals surface area (Å²) in [4.78, 5) is 33.3. The molecule has 1 saturated heterocycles. The maximum absolute atomic E-state index is 13.5. The summed E-state index contributed by atoms with van der Waals surface area (Å²) < 4.78 is 0.995. The summed E-state index contributed by atoms with van der Waals surface area (Å²) >= 11 is 3.49. The average Bonchev–Trinajstić information content (AvgIpc) is 3.14. The van der Waals surface area contributed by atoms with Gasteiger partial charge in [0.15, 0.2) is 5.54 Å². The fraction of sp³-hybridized carbons (Fsp3) is 0.304. The van der Waals surface area contributed by atoms with Crippen molar-refractivity contribution in [3.63, 3.8) is 0 Å². The zero-order valence-electron chi connectivity index (χ0n) is 16.6. The van der Waals surface area contributed by atoms with E-state index in [-0.39, 0.29) is 37.4 Å². The van der Waals surface area contributed by atoms with Gasteiger partial charge in [0.2, 0.25) is 5.91 Å². The zero-order chi connectivity index (χ0) is 21.0. The van der Waals surface area contributed by atoms with Gasteiger partial charge in [-0.05, 0) is 36.2 Å². The van der Waals surface area contributed by atoms with Crippen LogP contribution < -0.4 is 0 Å². The van der Waals surface area contributed by atoms with Gasteiger partial charge in [-0.2, -0.15) is 0 Å². The molecule has 0 spiro atoms. The van der Waals surface area contributed by atoms with Gasteiger partial charge in [-0.1, -0.05) is 46.3 Å². The van der Waals surface area contributed by atoms with Crippen molar-refractivity contribution in [2.45, 2.75) is 18.4 Å². The van der Waals surface area contributed by atoms with Crippen LogP contribution in [0.3, 0.4) is 0 Å². The Kier molecular flexibility index (Phi) is 4.48. The molecule has 1 unspecified atom stereocenters. The largest absolute Gasteiger partial charge is 0.395 e. The normalized spacial score (nSPS) is 23.6. The van der Waals surface area contributed by atoms with Crippen LogP contribution in [0.25, 0.3) is 10.9 Å². The zero-order valence-corrected chi connectivity index (χ0v) is 18.1. The van der Waals surface area contributed by atoms with Gasteiger partial charge < -0.3 is 19.9 Å². The second kappa shape index (κ2) is 6.96. The second-order valence-corrected chi connectivity index (χ2v) is 9.01. The summed E-state index contributed by atoms with van der Waals surface area (Å²) in [6.07, 6.45) is 0. The van der Waals surface area contributed by atoms with Gasteiger partial charge in [0.05, 0.1) is 18.8 Å². The van der Waals surface area contributed by atoms with E-state index in [4.69, 9.17) is 0 Å². The van der Waals surface area contributed by atoms with Crippen LogP contribution in [0.5, 0.6) is 0 Å². The molecule has 3 aromatic rings. The minimum atomic E-state index is -1.12. The van der Waals surface area contributed by atoms with Crippen molar-refractivity contribution in [1.82, 2.24) is 14.8 Å². The molecule has 3 heterocycles. The lowest BCUT2D eigenvalue weighted by Gasteiger charge is -2.51. The fourth-order valence-corrected chi connectivity index (χ4v) is 5.24. The molecular formula is C23H22BrN3O3. The number of halogens is 1. The molecule has 2 aliphatic rings. The Bertz CT molecular complexity index is 1160. The SMILES string of the molecule is C[C@]12C(=O)N(CCO)CC(=O)N1CC(c1ccc(Br)cc1)c1c2[nH]c2ccccc12. The molecule has 7 heteroatoms. The van der Waals surface area contributed by atoms with Crippen LogP contribution >= 0.6 is 15.9 Å². The first-order valence-corrected chi connectivity index (χ1v) is 10.8. The number of β-amino-alcohol motifs (C(OH)–C–C–N with tert-alkyl or cyclic N) is 1. The summed E-state index contributed by atoms with van der Waals surface area (Å²) in [5.74, 6) is -0.298. The molecule has 0 aliphatic carbocycles. The Hall–Kier alpha value is -2.64. The third-order valence-corrected chi connectivity index (χ3v) is 6.99. The molecule has 1 aromatic heterocycles. The standard InChI is InChI=1S/C23H22BrN3O3/c1-23-21-20(16-4-2-3-5-18(16)25-21)17(14-6-8-15(24)9-7-14)12-27(23)19(29)13-26(10-11-28)22(23)30/h2-9,17,25,28H,10-13H2,1H3/t17?,23-/m0/s1. The van der Waals surface area contributed by atoms with Gasteiger partial charge in [-0.25, -0.2) is 0 Å². The monoisotopic (exact) mass is 467 g/mol. The minimum absolute atomic E-state index is 0.00238. The van der Waals surface area contributed by atoms with E-state index in [9.17, 15) is 14.7 Å². The highest BCUT2D eigenvalue weighted by Crippen LogP contribution is 2.48. The Morgan fingerprint density at radius 1 is 1.17 bits per heavy atom. The summed E-state index contributed by atoms with van der Waals surface area (Å²) in [7, 11) is 0. The molecule has 1 fully saturated rings. The van der Waals surface area contributed by atoms with Crippen molar-refractivity contribution in [3.05, 3.63) is 69.8 Å². The predicted octanol–water partition coefficient (Wildman–Crippen LogP) is 2.95. The fourth-order valence-electron chi connectivity index (χ4n) is 4.97. The number of aliphatic hydroxyl groups is 1. The topological polar surface area (TPSA) is 76.6 Å². The summed E-state index contributed by atoms with van der Waals surface area (Å²) in [6, 6.07) is 16.2. The van der Waals surface area contributed by atoms with Crippen molar-refractivity contribution in [2.24, 2.45) is 0 Å². The second-order valence-electron chi connectivity index (χ2n) is 8.09. The summed E-state index contributed by atoms with van der Waals surface area (Å²) in [6.45, 7) is 2.24. The number of hydrogen-bond acceptors (Lipinski definition) is 3. The molecule has 30 heavy (non-hydrogen) atoms. The number of nitrogens with one attached hydrogen (secondary N) is 1. The first-order valence-electron chi connectivity index (χ1n) is 10.0. The van der Waals surface area contributed by atoms with E-state index in [2.05, 4.69) is 39.1 Å². The molecule has 2 amide bonds. The Labute approximate surface area is 182 Å². The Balaban J connectivity index is 1.76. The number of amides is 2. The lowest BCUT2D eigenvalue weighted by Crippen LogP contribution is -2.67. The minimum Gasteiger partial charge on any atom is -0.395 e. The first kappa shape index (κ1) is 19.3. The van der Waals surface area contributed by atoms with E-state index in [1.54, 1.807) is 4.90 Å². The van der Waals surface area contributed by atoms with Crippen molar-refractivity contribution < 1.29 is 14.7 Å². The van der Waals surface area contributed by atoms with E-state index in [1.165, 1.54) is 4.90 Å². The maximum atomic E-state index is 13.5. The van der Waals surface area contributed by atoms with Crippen molar-refractivity contribution in [3.8, 4) is 0 Å². The number of rotatable bonds is 3. The number of aromatic amines is 1. The summed E-state index contributed by atoms with van der Waals surface area (Å²) in [5.41, 5.74) is 2.77. The number of aliphatic hydroxyl groups excluding tert-OH is 1. The number of H-pyrrole nitrogens is 1. The van der Waals surface area contributed by atoms with Crippen LogP contribution in [0, 0.1) is 0 Å². The lowest BCUT2D eigenvalue weighted by atomic mass is 9.76. The molecule has 2 N–H and O–H groups in total. The molecule has 2 aromatic carbocycles. The Morgan fingerprint density at radius 2 is 1.90 bits per heavy atom. The first-order chi connectivity index (χ1) is 14.4. The van der Waals surface area contributed by atoms with Crippen LogP contribution in [0.2, 0.25) is 0 Å². The molecule has 0 bridgehead atoms. The number of nitrogens with zero attached hydrogens (tertiary/aromatic N) is 2. The van der Waals surface area contributed by atoms with Crippen LogP contribution in [0.1, 0.15) is 29.7 Å². The highest BCUT2D eigenvalue weighted by Gasteiger charge is 2.56. The molecule has 2 aliphatic heterocycles. The molecule has 5 rings (SSSR count). The van der Waals surface area contributed by atoms with Gasteiger partial charge in [0, 0.05) is 34.4 Å². The molecule has 0 saturated carbocycles. The van der Waals surface area contributed by atoms with E-state index >= 15 is 0 Å². The van der Waals surface area contributed by atoms with Crippen molar-refractivity contribution in [2.75, 3.05) is 26.2 Å². The third kappa shape index (κ3) is 2.65. The number of carbonyl (C=O) groups is 2. The number of hydrogen-bond donors (Lipinski definition) is 2. The maximum Gasteiger partial charge on any atom is 0.255 e. The molecule has 2 atom stereocenters. The molecule has 6 nitrogen and oxygen atoms in total. The number of aromatic nitrogens is 1. The predicted molar refractivity (Wildman–Crippen MR) is 117 cm³/mol. The van der Waals surface area contributed by atoms with Gasteiger partial charge in [-0.15, -0.1) is 0 Å². The smallest absolute Gasteiger partial charge is 0.255 e. The average molecular weight is 468 g/mol. The molecular weight excluding hydrogens is 446 g/mol. The number of benzene rings is 2. The van der Waals surface area contributed by atoms with Crippen LogP contribution in [0.4, 0.5) is 0 Å². The lowest BCUT2D eigenvalue weighted by molar-refractivity contribution is -0.166. The highest BCUT2D eigenvalue weighted by atomic mass is 79.9. The van der Waals surface area contributed by atoms with E-state index in [0.29, 0.717) is 6.54 Å². The van der Waals surface area contributed by atoms with Gasteiger partial charge in [0.1, 0.15) is 0 Å². The van der Waals surface area contributed by atoms with E-state index in [0.717, 1.165) is 32.2 Å². The van der Waals surface area contributed by atoms with Crippen molar-refractivity contribution >= 4 is 38.6 Å². The third-order valence-electron chi connectivity index (χ3n) is 6.46. The van der Waals surface area contributed by atoms with E-state index in [1.807, 2.05) is 37.3 Å².